The van der Waals surface area contributed by atoms with Crippen LogP contribution in [0.3, 0.4) is 0 Å². The molecular weight excluding hydrogens is 426 g/mol. The van der Waals surface area contributed by atoms with Crippen molar-refractivity contribution in [3.8, 4) is 22.8 Å². The molecule has 2 aromatic carbocycles. The topological polar surface area (TPSA) is 74.7 Å². The zero-order valence-corrected chi connectivity index (χ0v) is 18.8. The zero-order chi connectivity index (χ0) is 23.1. The lowest BCUT2D eigenvalue weighted by molar-refractivity contribution is 0.101. The molecule has 3 aliphatic rings. The summed E-state index contributed by atoms with van der Waals surface area (Å²) in [5, 5.41) is 13.9. The number of aromatic nitrogens is 1. The maximum atomic E-state index is 13.1. The molecule has 0 bridgehead atoms. The maximum absolute atomic E-state index is 13.1. The molecule has 2 N–H and O–H groups in total. The van der Waals surface area contributed by atoms with Gasteiger partial charge in [0.1, 0.15) is 11.5 Å². The number of fused-ring (bicyclic) bond motifs is 2. The van der Waals surface area contributed by atoms with Crippen LogP contribution in [0.15, 0.2) is 72.5 Å². The summed E-state index contributed by atoms with van der Waals surface area (Å²) in [6, 6.07) is 17.4. The Kier molecular flexibility index (Phi) is 5.24. The van der Waals surface area contributed by atoms with Crippen molar-refractivity contribution in [3.63, 3.8) is 0 Å². The standard InChI is InChI=1S/C28H25N3O3/c32-25-11-8-21-27(33)26(34-28(21)22(25)17-31-14-12-29-13-15-31)16-19-6-9-24-20(19)7-10-23(30-24)18-4-2-1-3-5-18/h1-8,10-11,16,29,32H,9,12-15,17H2/b26-16-. The van der Waals surface area contributed by atoms with Gasteiger partial charge in [-0.2, -0.15) is 0 Å². The fraction of sp³-hybridized carbons (Fsp3) is 0.214. The van der Waals surface area contributed by atoms with E-state index >= 15 is 0 Å². The number of nitrogens with zero attached hydrogens (tertiary/aromatic N) is 2. The largest absolute Gasteiger partial charge is 0.507 e. The number of hydrogen-bond donors (Lipinski definition) is 2. The average Bonchev–Trinajstić information content (AvgIpc) is 3.42. The van der Waals surface area contributed by atoms with Crippen molar-refractivity contribution in [1.82, 2.24) is 15.2 Å². The Hall–Kier alpha value is -3.74. The highest BCUT2D eigenvalue weighted by Gasteiger charge is 2.32. The van der Waals surface area contributed by atoms with Crippen LogP contribution in [0.1, 0.15) is 27.2 Å². The van der Waals surface area contributed by atoms with Crippen molar-refractivity contribution in [1.29, 1.82) is 0 Å². The molecule has 170 valence electrons. The zero-order valence-electron chi connectivity index (χ0n) is 18.8. The second kappa shape index (κ2) is 8.56. The fourth-order valence-electron chi connectivity index (χ4n) is 4.83. The number of ether oxygens (including phenoxy) is 1. The Morgan fingerprint density at radius 2 is 1.82 bits per heavy atom. The van der Waals surface area contributed by atoms with E-state index in [0.717, 1.165) is 54.3 Å². The van der Waals surface area contributed by atoms with Crippen LogP contribution in [0.2, 0.25) is 0 Å². The van der Waals surface area contributed by atoms with Gasteiger partial charge in [-0.25, -0.2) is 0 Å². The fourth-order valence-corrected chi connectivity index (χ4v) is 4.83. The number of carbonyl (C=O) groups is 1. The van der Waals surface area contributed by atoms with Crippen molar-refractivity contribution >= 4 is 11.4 Å². The molecule has 0 atom stereocenters. The first kappa shape index (κ1) is 20.8. The van der Waals surface area contributed by atoms with Gasteiger partial charge in [-0.1, -0.05) is 42.5 Å². The molecule has 0 saturated carbocycles. The lowest BCUT2D eigenvalue weighted by atomic mass is 10.0. The highest BCUT2D eigenvalue weighted by Crippen LogP contribution is 2.41. The van der Waals surface area contributed by atoms with E-state index in [1.165, 1.54) is 0 Å². The van der Waals surface area contributed by atoms with Crippen LogP contribution in [0.25, 0.3) is 16.8 Å². The Balaban J connectivity index is 1.28. The predicted molar refractivity (Wildman–Crippen MR) is 131 cm³/mol. The molecule has 34 heavy (non-hydrogen) atoms. The Morgan fingerprint density at radius 1 is 1.03 bits per heavy atom. The lowest BCUT2D eigenvalue weighted by Crippen LogP contribution is -2.42. The van der Waals surface area contributed by atoms with E-state index in [1.807, 2.05) is 30.3 Å². The summed E-state index contributed by atoms with van der Waals surface area (Å²) in [5.74, 6) is 0.772. The normalized spacial score (nSPS) is 18.5. The average molecular weight is 452 g/mol. The van der Waals surface area contributed by atoms with Gasteiger partial charge in [-0.3, -0.25) is 14.7 Å². The molecule has 1 aliphatic carbocycles. The number of benzene rings is 2. The molecule has 1 aromatic heterocycles. The van der Waals surface area contributed by atoms with Crippen LogP contribution >= 0.6 is 0 Å². The number of hydrogen-bond acceptors (Lipinski definition) is 6. The van der Waals surface area contributed by atoms with Gasteiger partial charge in [0.05, 0.1) is 22.5 Å². The summed E-state index contributed by atoms with van der Waals surface area (Å²) < 4.78 is 6.09. The minimum absolute atomic E-state index is 0.153. The summed E-state index contributed by atoms with van der Waals surface area (Å²) in [7, 11) is 0. The first-order valence-corrected chi connectivity index (χ1v) is 11.7. The van der Waals surface area contributed by atoms with Crippen molar-refractivity contribution in [2.45, 2.75) is 13.0 Å². The SMILES string of the molecule is O=C1/C(=C/C2=CCc3nc(-c4ccccc4)ccc32)Oc2c1ccc(O)c2CN1CCNCC1. The second-order valence-electron chi connectivity index (χ2n) is 8.83. The molecular formula is C28H25N3O3. The highest BCUT2D eigenvalue weighted by atomic mass is 16.5. The molecule has 6 rings (SSSR count). The molecule has 0 unspecified atom stereocenters. The van der Waals surface area contributed by atoms with Crippen molar-refractivity contribution in [2.24, 2.45) is 0 Å². The van der Waals surface area contributed by atoms with Gasteiger partial charge >= 0.3 is 0 Å². The summed E-state index contributed by atoms with van der Waals surface area (Å²) in [6.07, 6.45) is 4.60. The Bertz CT molecular complexity index is 1340. The third kappa shape index (κ3) is 3.71. The maximum Gasteiger partial charge on any atom is 0.231 e. The quantitative estimate of drug-likeness (QED) is 0.585. The number of pyridine rings is 1. The molecule has 0 spiro atoms. The summed E-state index contributed by atoms with van der Waals surface area (Å²) in [4.78, 5) is 20.3. The third-order valence-corrected chi connectivity index (χ3v) is 6.66. The number of Topliss-reactive ketones (excluding diaryl/α,β-unsaturated/α-hetero) is 1. The van der Waals surface area contributed by atoms with Crippen LogP contribution in [0.4, 0.5) is 0 Å². The van der Waals surface area contributed by atoms with Gasteiger partial charge in [-0.15, -0.1) is 0 Å². The molecule has 6 nitrogen and oxygen atoms in total. The molecule has 2 aliphatic heterocycles. The number of phenols is 1. The van der Waals surface area contributed by atoms with Crippen LogP contribution < -0.4 is 10.1 Å². The van der Waals surface area contributed by atoms with Gasteiger partial charge in [0.25, 0.3) is 0 Å². The van der Waals surface area contributed by atoms with E-state index in [9.17, 15) is 9.90 Å². The number of allylic oxidation sites excluding steroid dienone is 4. The summed E-state index contributed by atoms with van der Waals surface area (Å²) in [6.45, 7) is 4.15. The molecule has 1 saturated heterocycles. The summed E-state index contributed by atoms with van der Waals surface area (Å²) >= 11 is 0. The number of rotatable bonds is 4. The van der Waals surface area contributed by atoms with Gasteiger partial charge in [0, 0.05) is 50.3 Å². The van der Waals surface area contributed by atoms with E-state index in [2.05, 4.69) is 34.5 Å². The van der Waals surface area contributed by atoms with E-state index in [1.54, 1.807) is 12.1 Å². The van der Waals surface area contributed by atoms with Crippen LogP contribution in [0, 0.1) is 0 Å². The monoisotopic (exact) mass is 451 g/mol. The first-order chi connectivity index (χ1) is 16.7. The number of carbonyl (C=O) groups excluding carboxylic acids is 1. The van der Waals surface area contributed by atoms with E-state index < -0.39 is 0 Å². The first-order valence-electron chi connectivity index (χ1n) is 11.7. The third-order valence-electron chi connectivity index (χ3n) is 6.66. The Morgan fingerprint density at radius 3 is 2.65 bits per heavy atom. The predicted octanol–water partition coefficient (Wildman–Crippen LogP) is 3.96. The van der Waals surface area contributed by atoms with Crippen LogP contribution in [-0.4, -0.2) is 47.0 Å². The minimum atomic E-state index is -0.153. The summed E-state index contributed by atoms with van der Waals surface area (Å²) in [5.41, 5.74) is 6.15. The minimum Gasteiger partial charge on any atom is -0.507 e. The van der Waals surface area contributed by atoms with Crippen LogP contribution in [0.5, 0.6) is 11.5 Å². The molecule has 3 aromatic rings. The molecule has 3 heterocycles. The number of aromatic hydroxyl groups is 1. The number of piperazine rings is 1. The Labute approximate surface area is 198 Å². The van der Waals surface area contributed by atoms with Gasteiger partial charge in [0.2, 0.25) is 5.78 Å². The second-order valence-corrected chi connectivity index (χ2v) is 8.83. The van der Waals surface area contributed by atoms with Gasteiger partial charge < -0.3 is 15.2 Å². The van der Waals surface area contributed by atoms with Crippen molar-refractivity contribution in [3.05, 3.63) is 94.9 Å². The van der Waals surface area contributed by atoms with E-state index in [4.69, 9.17) is 9.72 Å². The number of nitrogens with one attached hydrogen (secondary N) is 1. The molecule has 0 radical (unpaired) electrons. The van der Waals surface area contributed by atoms with Gasteiger partial charge in [0.15, 0.2) is 5.76 Å². The van der Waals surface area contributed by atoms with Crippen molar-refractivity contribution in [2.75, 3.05) is 26.2 Å². The smallest absolute Gasteiger partial charge is 0.231 e. The molecule has 1 fully saturated rings. The van der Waals surface area contributed by atoms with E-state index in [-0.39, 0.29) is 17.3 Å². The van der Waals surface area contributed by atoms with Crippen LogP contribution in [-0.2, 0) is 13.0 Å². The number of ketones is 1. The molecule has 0 amide bonds. The lowest BCUT2D eigenvalue weighted by Gasteiger charge is -2.27. The van der Waals surface area contributed by atoms with Crippen molar-refractivity contribution < 1.29 is 14.6 Å². The van der Waals surface area contributed by atoms with E-state index in [0.29, 0.717) is 29.8 Å². The highest BCUT2D eigenvalue weighted by molar-refractivity contribution is 6.14. The number of phenolic OH excluding ortho intramolecular Hbond substituents is 1. The molecule has 6 heteroatoms. The van der Waals surface area contributed by atoms with Gasteiger partial charge in [-0.05, 0) is 29.8 Å².